The Morgan fingerprint density at radius 2 is 2.19 bits per heavy atom. The number of ether oxygens (including phenoxy) is 1. The van der Waals surface area contributed by atoms with Crippen LogP contribution in [-0.4, -0.2) is 19.3 Å². The van der Waals surface area contributed by atoms with Crippen molar-refractivity contribution in [2.45, 2.75) is 71.4 Å². The van der Waals surface area contributed by atoms with Gasteiger partial charge in [0, 0.05) is 12.6 Å². The molecular formula is C19H31NO. The summed E-state index contributed by atoms with van der Waals surface area (Å²) in [5.41, 5.74) is 4.33. The highest BCUT2D eigenvalue weighted by atomic mass is 16.5. The van der Waals surface area contributed by atoms with E-state index < -0.39 is 0 Å². The first-order valence-electron chi connectivity index (χ1n) is 8.63. The van der Waals surface area contributed by atoms with E-state index in [1.165, 1.54) is 55.2 Å². The van der Waals surface area contributed by atoms with E-state index in [1.54, 1.807) is 0 Å². The monoisotopic (exact) mass is 289 g/mol. The van der Waals surface area contributed by atoms with Gasteiger partial charge in [-0.05, 0) is 75.6 Å². The molecule has 2 atom stereocenters. The van der Waals surface area contributed by atoms with Crippen molar-refractivity contribution in [2.24, 2.45) is 0 Å². The van der Waals surface area contributed by atoms with Gasteiger partial charge in [-0.25, -0.2) is 0 Å². The van der Waals surface area contributed by atoms with Crippen molar-refractivity contribution in [3.8, 4) is 0 Å². The van der Waals surface area contributed by atoms with Crippen molar-refractivity contribution in [3.05, 3.63) is 34.9 Å². The maximum atomic E-state index is 5.74. The van der Waals surface area contributed by atoms with Crippen LogP contribution in [0.2, 0.25) is 0 Å². The Kier molecular flexibility index (Phi) is 6.72. The lowest BCUT2D eigenvalue weighted by Crippen LogP contribution is -2.23. The normalized spacial score (nSPS) is 19.9. The molecule has 118 valence electrons. The minimum atomic E-state index is 0.492. The summed E-state index contributed by atoms with van der Waals surface area (Å²) < 4.78 is 5.74. The van der Waals surface area contributed by atoms with E-state index >= 15 is 0 Å². The number of aryl methyl sites for hydroxylation is 1. The molecule has 1 aromatic rings. The van der Waals surface area contributed by atoms with E-state index in [2.05, 4.69) is 44.3 Å². The van der Waals surface area contributed by atoms with Gasteiger partial charge in [0.2, 0.25) is 0 Å². The van der Waals surface area contributed by atoms with Crippen LogP contribution in [0.15, 0.2) is 18.2 Å². The molecule has 0 bridgehead atoms. The van der Waals surface area contributed by atoms with Gasteiger partial charge in [-0.2, -0.15) is 0 Å². The second-order valence-electron chi connectivity index (χ2n) is 6.36. The summed E-state index contributed by atoms with van der Waals surface area (Å²) in [5, 5.41) is 3.74. The van der Waals surface area contributed by atoms with Gasteiger partial charge in [-0.15, -0.1) is 0 Å². The summed E-state index contributed by atoms with van der Waals surface area (Å²) >= 11 is 0. The Labute approximate surface area is 130 Å². The summed E-state index contributed by atoms with van der Waals surface area (Å²) in [7, 11) is 0. The van der Waals surface area contributed by atoms with E-state index in [0.717, 1.165) is 13.2 Å². The maximum Gasteiger partial charge on any atom is 0.0576 e. The van der Waals surface area contributed by atoms with Crippen LogP contribution in [0.25, 0.3) is 0 Å². The lowest BCUT2D eigenvalue weighted by molar-refractivity contribution is 0.101. The van der Waals surface area contributed by atoms with Crippen LogP contribution in [0.4, 0.5) is 0 Å². The zero-order valence-electron chi connectivity index (χ0n) is 14.0. The Hall–Kier alpha value is -0.860. The lowest BCUT2D eigenvalue weighted by atomic mass is 9.93. The largest absolute Gasteiger partial charge is 0.378 e. The highest BCUT2D eigenvalue weighted by Gasteiger charge is 2.18. The van der Waals surface area contributed by atoms with Crippen LogP contribution < -0.4 is 5.32 Å². The van der Waals surface area contributed by atoms with Gasteiger partial charge in [-0.3, -0.25) is 0 Å². The molecule has 0 aromatic heterocycles. The second kappa shape index (κ2) is 8.55. The molecule has 0 amide bonds. The summed E-state index contributed by atoms with van der Waals surface area (Å²) in [6, 6.07) is 7.19. The molecule has 1 aliphatic rings. The molecule has 0 saturated carbocycles. The van der Waals surface area contributed by atoms with E-state index in [4.69, 9.17) is 4.74 Å². The molecule has 0 radical (unpaired) electrons. The van der Waals surface area contributed by atoms with Crippen molar-refractivity contribution >= 4 is 0 Å². The molecule has 2 nitrogen and oxygen atoms in total. The molecule has 21 heavy (non-hydrogen) atoms. The lowest BCUT2D eigenvalue weighted by Gasteiger charge is -2.22. The van der Waals surface area contributed by atoms with Crippen molar-refractivity contribution < 1.29 is 4.74 Å². The van der Waals surface area contributed by atoms with Gasteiger partial charge >= 0.3 is 0 Å². The third kappa shape index (κ3) is 4.82. The Balaban J connectivity index is 1.94. The molecule has 2 unspecified atom stereocenters. The van der Waals surface area contributed by atoms with Gasteiger partial charge in [0.25, 0.3) is 0 Å². The van der Waals surface area contributed by atoms with Gasteiger partial charge in [0.05, 0.1) is 6.10 Å². The fraction of sp³-hybridized carbons (Fsp3) is 0.684. The molecular weight excluding hydrogens is 258 g/mol. The third-order valence-electron chi connectivity index (χ3n) is 4.71. The van der Waals surface area contributed by atoms with Crippen molar-refractivity contribution in [2.75, 3.05) is 13.2 Å². The van der Waals surface area contributed by atoms with Crippen LogP contribution in [0.5, 0.6) is 0 Å². The average Bonchev–Trinajstić information content (AvgIpc) is 2.99. The topological polar surface area (TPSA) is 21.3 Å². The van der Waals surface area contributed by atoms with Crippen LogP contribution in [0.3, 0.4) is 0 Å². The Bertz CT molecular complexity index is 424. The zero-order chi connectivity index (χ0) is 15.1. The van der Waals surface area contributed by atoms with Gasteiger partial charge in [0.15, 0.2) is 0 Å². The van der Waals surface area contributed by atoms with E-state index in [1.807, 2.05) is 0 Å². The van der Waals surface area contributed by atoms with E-state index in [-0.39, 0.29) is 0 Å². The SMILES string of the molecule is CCCNC(CCCC1CCCO1)c1cccc(C)c1C. The van der Waals surface area contributed by atoms with Gasteiger partial charge in [0.1, 0.15) is 0 Å². The molecule has 1 saturated heterocycles. The molecule has 1 heterocycles. The summed E-state index contributed by atoms with van der Waals surface area (Å²) in [5.74, 6) is 0. The van der Waals surface area contributed by atoms with Crippen LogP contribution >= 0.6 is 0 Å². The first kappa shape index (κ1) is 16.5. The molecule has 0 spiro atoms. The summed E-state index contributed by atoms with van der Waals surface area (Å²) in [4.78, 5) is 0. The second-order valence-corrected chi connectivity index (χ2v) is 6.36. The first-order valence-corrected chi connectivity index (χ1v) is 8.63. The molecule has 1 aliphatic heterocycles. The fourth-order valence-corrected chi connectivity index (χ4v) is 3.26. The Morgan fingerprint density at radius 1 is 1.33 bits per heavy atom. The van der Waals surface area contributed by atoms with Crippen LogP contribution in [0, 0.1) is 13.8 Å². The average molecular weight is 289 g/mol. The zero-order valence-corrected chi connectivity index (χ0v) is 14.0. The smallest absolute Gasteiger partial charge is 0.0576 e. The highest BCUT2D eigenvalue weighted by Crippen LogP contribution is 2.26. The van der Waals surface area contributed by atoms with Crippen LogP contribution in [-0.2, 0) is 4.74 Å². The molecule has 0 aliphatic carbocycles. The van der Waals surface area contributed by atoms with Crippen molar-refractivity contribution in [1.82, 2.24) is 5.32 Å². The molecule has 1 fully saturated rings. The quantitative estimate of drug-likeness (QED) is 0.749. The number of rotatable bonds is 8. The van der Waals surface area contributed by atoms with E-state index in [9.17, 15) is 0 Å². The summed E-state index contributed by atoms with van der Waals surface area (Å²) in [6.45, 7) is 8.77. The number of benzene rings is 1. The third-order valence-corrected chi connectivity index (χ3v) is 4.71. The van der Waals surface area contributed by atoms with Crippen LogP contribution in [0.1, 0.15) is 68.2 Å². The van der Waals surface area contributed by atoms with Crippen molar-refractivity contribution in [3.63, 3.8) is 0 Å². The highest BCUT2D eigenvalue weighted by molar-refractivity contribution is 5.35. The van der Waals surface area contributed by atoms with Crippen molar-refractivity contribution in [1.29, 1.82) is 0 Å². The Morgan fingerprint density at radius 3 is 2.90 bits per heavy atom. The number of nitrogens with one attached hydrogen (secondary N) is 1. The standard InChI is InChI=1S/C19H31NO/c1-4-13-20-19(12-6-9-17-10-7-14-21-17)18-11-5-8-15(2)16(18)3/h5,8,11,17,19-20H,4,6-7,9-10,12-14H2,1-3H3. The predicted octanol–water partition coefficient (Wildman–Crippen LogP) is 4.69. The molecule has 1 N–H and O–H groups in total. The minimum Gasteiger partial charge on any atom is -0.378 e. The molecule has 2 rings (SSSR count). The number of hydrogen-bond donors (Lipinski definition) is 1. The first-order chi connectivity index (χ1) is 10.2. The van der Waals surface area contributed by atoms with Gasteiger partial charge in [-0.1, -0.05) is 25.1 Å². The minimum absolute atomic E-state index is 0.492. The maximum absolute atomic E-state index is 5.74. The molecule has 2 heteroatoms. The molecule has 1 aromatic carbocycles. The fourth-order valence-electron chi connectivity index (χ4n) is 3.26. The van der Waals surface area contributed by atoms with Gasteiger partial charge < -0.3 is 10.1 Å². The summed E-state index contributed by atoms with van der Waals surface area (Å²) in [6.07, 6.45) is 7.90. The van der Waals surface area contributed by atoms with E-state index in [0.29, 0.717) is 12.1 Å². The predicted molar refractivity (Wildman–Crippen MR) is 89.8 cm³/mol. The number of hydrogen-bond acceptors (Lipinski definition) is 2.